The molecule has 1 aliphatic carbocycles. The Hall–Kier alpha value is -3.07. The first-order valence-electron chi connectivity index (χ1n) is 9.06. The van der Waals surface area contributed by atoms with Gasteiger partial charge in [0.05, 0.1) is 5.71 Å². The number of carbonyl (C=O) groups is 2. The highest BCUT2D eigenvalue weighted by Gasteiger charge is 2.36. The quantitative estimate of drug-likeness (QED) is 0.495. The van der Waals surface area contributed by atoms with Gasteiger partial charge in [0.1, 0.15) is 11.3 Å². The van der Waals surface area contributed by atoms with Crippen LogP contribution in [0.3, 0.4) is 0 Å². The average Bonchev–Trinajstić information content (AvgIpc) is 3.19. The molecule has 2 amide bonds. The number of nitrogens with two attached hydrogens (primary N) is 1. The zero-order valence-electron chi connectivity index (χ0n) is 16.2. The largest absolute Gasteiger partial charge is 0.456 e. The van der Waals surface area contributed by atoms with Crippen LogP contribution in [0.4, 0.5) is 4.79 Å². The molecule has 4 rings (SSSR count). The van der Waals surface area contributed by atoms with E-state index in [-0.39, 0.29) is 21.5 Å². The molecule has 0 atom stereocenters. The Balaban J connectivity index is 1.67. The van der Waals surface area contributed by atoms with E-state index in [4.69, 9.17) is 14.6 Å². The number of urea groups is 1. The molecular formula is C20H20N4O4S. The Bertz CT molecular complexity index is 1130. The summed E-state index contributed by atoms with van der Waals surface area (Å²) in [6.07, 6.45) is 1.27. The van der Waals surface area contributed by atoms with Crippen LogP contribution in [0.2, 0.25) is 0 Å². The summed E-state index contributed by atoms with van der Waals surface area (Å²) in [7, 11) is 0. The number of furan rings is 1. The Morgan fingerprint density at radius 3 is 2.72 bits per heavy atom. The molecule has 0 saturated heterocycles. The van der Waals surface area contributed by atoms with Gasteiger partial charge in [-0.05, 0) is 30.9 Å². The van der Waals surface area contributed by atoms with Crippen molar-refractivity contribution in [1.29, 1.82) is 0 Å². The number of benzene rings is 1. The number of amides is 2. The molecule has 8 nitrogen and oxygen atoms in total. The fourth-order valence-corrected chi connectivity index (χ4v) is 4.27. The molecule has 9 heteroatoms. The maximum absolute atomic E-state index is 12.9. The molecule has 2 heterocycles. The van der Waals surface area contributed by atoms with Crippen LogP contribution in [0.5, 0.6) is 0 Å². The van der Waals surface area contributed by atoms with E-state index in [1.807, 2.05) is 18.2 Å². The standard InChI is InChI=1S/C20H20N4O4S/c1-10-15-12(23-24-18(21)26)8-20(2,3)9-14(15)27-16(10)17(25)29-19-22-11-6-4-5-7-13(11)28-19/h4-7H,8-9H2,1-3H3,(H3,21,24,26)/b23-12-. The third-order valence-electron chi connectivity index (χ3n) is 4.73. The van der Waals surface area contributed by atoms with Crippen LogP contribution in [0.15, 0.2) is 43.4 Å². The third-order valence-corrected chi connectivity index (χ3v) is 5.45. The summed E-state index contributed by atoms with van der Waals surface area (Å²) in [6.45, 7) is 5.95. The molecule has 0 aliphatic heterocycles. The molecule has 29 heavy (non-hydrogen) atoms. The van der Waals surface area contributed by atoms with E-state index in [2.05, 4.69) is 29.4 Å². The van der Waals surface area contributed by atoms with Crippen molar-refractivity contribution in [2.45, 2.75) is 38.8 Å². The number of fused-ring (bicyclic) bond motifs is 2. The normalized spacial score (nSPS) is 16.7. The number of carbonyl (C=O) groups excluding carboxylic acids is 2. The maximum atomic E-state index is 12.9. The predicted octanol–water partition coefficient (Wildman–Crippen LogP) is 4.01. The molecule has 150 valence electrons. The topological polar surface area (TPSA) is 124 Å². The smallest absolute Gasteiger partial charge is 0.332 e. The van der Waals surface area contributed by atoms with Crippen molar-refractivity contribution in [3.05, 3.63) is 46.9 Å². The first-order chi connectivity index (χ1) is 13.7. The zero-order valence-corrected chi connectivity index (χ0v) is 17.1. The molecule has 0 radical (unpaired) electrons. The number of oxazole rings is 1. The summed E-state index contributed by atoms with van der Waals surface area (Å²) in [6, 6.07) is 6.57. The van der Waals surface area contributed by atoms with Gasteiger partial charge in [0.25, 0.3) is 10.3 Å². The number of thioether (sulfide) groups is 1. The fourth-order valence-electron chi connectivity index (χ4n) is 3.55. The lowest BCUT2D eigenvalue weighted by Crippen LogP contribution is -2.31. The van der Waals surface area contributed by atoms with Gasteiger partial charge < -0.3 is 14.6 Å². The third kappa shape index (κ3) is 3.77. The number of nitrogens with zero attached hydrogens (tertiary/aromatic N) is 2. The van der Waals surface area contributed by atoms with Crippen LogP contribution >= 0.6 is 11.8 Å². The van der Waals surface area contributed by atoms with Crippen molar-refractivity contribution in [1.82, 2.24) is 10.4 Å². The maximum Gasteiger partial charge on any atom is 0.332 e. The minimum absolute atomic E-state index is 0.136. The van der Waals surface area contributed by atoms with Gasteiger partial charge in [-0.15, -0.1) is 0 Å². The molecule has 0 spiro atoms. The second-order valence-electron chi connectivity index (χ2n) is 7.74. The minimum Gasteiger partial charge on any atom is -0.456 e. The number of hydrogen-bond donors (Lipinski definition) is 2. The van der Waals surface area contributed by atoms with Crippen LogP contribution in [0, 0.1) is 12.3 Å². The molecule has 0 bridgehead atoms. The van der Waals surface area contributed by atoms with Gasteiger partial charge in [0.15, 0.2) is 11.3 Å². The van der Waals surface area contributed by atoms with Gasteiger partial charge in [-0.3, -0.25) is 4.79 Å². The monoisotopic (exact) mass is 412 g/mol. The van der Waals surface area contributed by atoms with Gasteiger partial charge in [-0.1, -0.05) is 26.0 Å². The van der Waals surface area contributed by atoms with Gasteiger partial charge in [0, 0.05) is 29.3 Å². The Morgan fingerprint density at radius 2 is 2.00 bits per heavy atom. The van der Waals surface area contributed by atoms with E-state index < -0.39 is 6.03 Å². The first kappa shape index (κ1) is 19.3. The van der Waals surface area contributed by atoms with Crippen LogP contribution in [-0.4, -0.2) is 21.8 Å². The van der Waals surface area contributed by atoms with Crippen LogP contribution < -0.4 is 11.2 Å². The molecule has 3 N–H and O–H groups in total. The van der Waals surface area contributed by atoms with Gasteiger partial charge in [-0.25, -0.2) is 15.2 Å². The van der Waals surface area contributed by atoms with Gasteiger partial charge in [-0.2, -0.15) is 5.10 Å². The Kier molecular flexibility index (Phi) is 4.70. The number of rotatable bonds is 3. The van der Waals surface area contributed by atoms with Gasteiger partial charge >= 0.3 is 6.03 Å². The van der Waals surface area contributed by atoms with E-state index in [0.29, 0.717) is 41.0 Å². The summed E-state index contributed by atoms with van der Waals surface area (Å²) in [4.78, 5) is 28.3. The number of hydrogen-bond acceptors (Lipinski definition) is 7. The number of nitrogens with one attached hydrogen (secondary N) is 1. The highest BCUT2D eigenvalue weighted by molar-refractivity contribution is 8.13. The Labute approximate surface area is 170 Å². The van der Waals surface area contributed by atoms with Crippen molar-refractivity contribution >= 4 is 39.7 Å². The average molecular weight is 412 g/mol. The highest BCUT2D eigenvalue weighted by atomic mass is 32.2. The van der Waals surface area contributed by atoms with Crippen molar-refractivity contribution < 1.29 is 18.4 Å². The van der Waals surface area contributed by atoms with Crippen LogP contribution in [-0.2, 0) is 6.42 Å². The molecule has 0 saturated carbocycles. The lowest BCUT2D eigenvalue weighted by atomic mass is 9.75. The molecule has 1 aliphatic rings. The summed E-state index contributed by atoms with van der Waals surface area (Å²) < 4.78 is 11.6. The predicted molar refractivity (Wildman–Crippen MR) is 109 cm³/mol. The van der Waals surface area contributed by atoms with Crippen molar-refractivity contribution in [2.75, 3.05) is 0 Å². The van der Waals surface area contributed by atoms with Crippen LogP contribution in [0.1, 0.15) is 47.7 Å². The number of para-hydroxylation sites is 2. The zero-order chi connectivity index (χ0) is 20.8. The SMILES string of the molecule is Cc1c(C(=O)Sc2nc3ccccc3o2)oc2c1/C(=N\NC(N)=O)CC(C)(C)C2. The van der Waals surface area contributed by atoms with E-state index in [9.17, 15) is 9.59 Å². The molecule has 1 aromatic carbocycles. The lowest BCUT2D eigenvalue weighted by molar-refractivity contribution is 0.106. The molecule has 0 fully saturated rings. The van der Waals surface area contributed by atoms with Crippen LogP contribution in [0.25, 0.3) is 11.1 Å². The first-order valence-corrected chi connectivity index (χ1v) is 9.87. The van der Waals surface area contributed by atoms with Crippen molar-refractivity contribution in [3.8, 4) is 0 Å². The molecule has 0 unspecified atom stereocenters. The van der Waals surface area contributed by atoms with E-state index >= 15 is 0 Å². The van der Waals surface area contributed by atoms with E-state index in [0.717, 1.165) is 17.3 Å². The molecule has 2 aromatic heterocycles. The Morgan fingerprint density at radius 1 is 1.24 bits per heavy atom. The lowest BCUT2D eigenvalue weighted by Gasteiger charge is -2.29. The second kappa shape index (κ2) is 7.07. The summed E-state index contributed by atoms with van der Waals surface area (Å²) in [5.74, 6) is 0.900. The van der Waals surface area contributed by atoms with Crippen molar-refractivity contribution in [3.63, 3.8) is 0 Å². The van der Waals surface area contributed by atoms with Crippen molar-refractivity contribution in [2.24, 2.45) is 16.3 Å². The second-order valence-corrected chi connectivity index (χ2v) is 8.67. The van der Waals surface area contributed by atoms with E-state index in [1.165, 1.54) is 0 Å². The number of aromatic nitrogens is 1. The summed E-state index contributed by atoms with van der Waals surface area (Å²) in [5.41, 5.74) is 10.7. The molecule has 3 aromatic rings. The number of hydrazone groups is 1. The van der Waals surface area contributed by atoms with E-state index in [1.54, 1.807) is 13.0 Å². The fraction of sp³-hybridized carbons (Fsp3) is 0.300. The summed E-state index contributed by atoms with van der Waals surface area (Å²) in [5, 5.41) is 4.11. The highest BCUT2D eigenvalue weighted by Crippen LogP contribution is 2.40. The molecular weight excluding hydrogens is 392 g/mol. The summed E-state index contributed by atoms with van der Waals surface area (Å²) >= 11 is 0.879. The minimum atomic E-state index is -0.744. The van der Waals surface area contributed by atoms with Gasteiger partial charge in [0.2, 0.25) is 0 Å². The number of primary amides is 1.